The summed E-state index contributed by atoms with van der Waals surface area (Å²) in [7, 11) is 1.98. The topological polar surface area (TPSA) is 100 Å². The van der Waals surface area contributed by atoms with Crippen LogP contribution in [0.25, 0.3) is 0 Å². The number of likely N-dealkylation sites (N-methyl/N-ethyl adjacent to an activating group) is 1. The summed E-state index contributed by atoms with van der Waals surface area (Å²) < 4.78 is 19.8. The SMILES string of the molecule is CC[C@H]1OC(=O)[C@H](C)[C@H]2OC3(CCNCC3)O[C@](C)(C[C@@H](C)CN(C)[C@H](C)[C@@H](O)[C@]1(C)O)[C@H](C)[C@H]2C. The molecule has 3 rings (SSSR count). The van der Waals surface area contributed by atoms with Crippen LogP contribution in [0.1, 0.15) is 81.1 Å². The van der Waals surface area contributed by atoms with E-state index in [1.807, 2.05) is 27.8 Å². The molecule has 0 aromatic carbocycles. The lowest BCUT2D eigenvalue weighted by Crippen LogP contribution is -2.59. The summed E-state index contributed by atoms with van der Waals surface area (Å²) in [4.78, 5) is 15.6. The Morgan fingerprint density at radius 2 is 1.72 bits per heavy atom. The first-order chi connectivity index (χ1) is 16.7. The Kier molecular flexibility index (Phi) is 9.22. The van der Waals surface area contributed by atoms with Crippen LogP contribution in [-0.4, -0.2) is 89.1 Å². The third kappa shape index (κ3) is 5.79. The number of aliphatic hydroxyl groups is 2. The van der Waals surface area contributed by atoms with Crippen molar-refractivity contribution >= 4 is 5.97 Å². The second-order valence-corrected chi connectivity index (χ2v) is 12.6. The second kappa shape index (κ2) is 11.1. The number of piperidine rings is 1. The fraction of sp³-hybridized carbons (Fsp3) is 0.964. The van der Waals surface area contributed by atoms with Gasteiger partial charge in [-0.15, -0.1) is 0 Å². The molecule has 3 aliphatic rings. The van der Waals surface area contributed by atoms with Gasteiger partial charge in [-0.2, -0.15) is 0 Å². The number of carbonyl (C=O) groups excluding carboxylic acids is 1. The van der Waals surface area contributed by atoms with Gasteiger partial charge in [-0.3, -0.25) is 4.79 Å². The quantitative estimate of drug-likeness (QED) is 0.461. The van der Waals surface area contributed by atoms with Gasteiger partial charge in [0.25, 0.3) is 0 Å². The van der Waals surface area contributed by atoms with Crippen LogP contribution in [-0.2, 0) is 19.0 Å². The Bertz CT molecular complexity index is 756. The number of fused-ring (bicyclic) bond motifs is 3. The minimum atomic E-state index is -1.60. The molecule has 3 fully saturated rings. The van der Waals surface area contributed by atoms with Crippen LogP contribution in [0, 0.1) is 23.7 Å². The highest BCUT2D eigenvalue weighted by atomic mass is 16.7. The van der Waals surface area contributed by atoms with Gasteiger partial charge in [0.1, 0.15) is 17.8 Å². The Morgan fingerprint density at radius 1 is 1.11 bits per heavy atom. The molecule has 1 spiro atoms. The zero-order valence-electron chi connectivity index (χ0n) is 24.0. The van der Waals surface area contributed by atoms with Gasteiger partial charge in [-0.1, -0.05) is 27.7 Å². The third-order valence-electron chi connectivity index (χ3n) is 9.66. The maximum atomic E-state index is 13.6. The maximum Gasteiger partial charge on any atom is 0.311 e. The molecule has 10 atom stereocenters. The van der Waals surface area contributed by atoms with Crippen LogP contribution < -0.4 is 5.32 Å². The third-order valence-corrected chi connectivity index (χ3v) is 9.66. The van der Waals surface area contributed by atoms with E-state index in [1.165, 1.54) is 0 Å². The standard InChI is InChI=1S/C28H52N2O6/c1-10-22-27(8,33)24(31)21(6)30(9)16-17(2)15-26(7)20(5)18(3)23(19(4)25(32)34-22)35-28(36-26)11-13-29-14-12-28/h17-24,29,31,33H,10-16H2,1-9H3/t17-,18-,19-,20-,21-,22-,23+,24-,26-,27-/m1/s1. The number of nitrogens with one attached hydrogen (secondary N) is 1. The van der Waals surface area contributed by atoms with Crippen molar-refractivity contribution in [2.24, 2.45) is 23.7 Å². The molecule has 0 aliphatic carbocycles. The Hall–Kier alpha value is -0.770. The van der Waals surface area contributed by atoms with Crippen molar-refractivity contribution in [1.82, 2.24) is 10.2 Å². The zero-order chi connectivity index (χ0) is 27.1. The van der Waals surface area contributed by atoms with Crippen LogP contribution in [0.5, 0.6) is 0 Å². The van der Waals surface area contributed by atoms with E-state index in [9.17, 15) is 15.0 Å². The minimum Gasteiger partial charge on any atom is -0.459 e. The summed E-state index contributed by atoms with van der Waals surface area (Å²) in [6.45, 7) is 18.4. The average molecular weight is 513 g/mol. The minimum absolute atomic E-state index is 0.0481. The maximum absolute atomic E-state index is 13.6. The lowest BCUT2D eigenvalue weighted by atomic mass is 9.73. The highest BCUT2D eigenvalue weighted by Gasteiger charge is 2.54. The van der Waals surface area contributed by atoms with E-state index in [-0.39, 0.29) is 29.9 Å². The second-order valence-electron chi connectivity index (χ2n) is 12.6. The molecule has 0 aromatic heterocycles. The van der Waals surface area contributed by atoms with Crippen molar-refractivity contribution in [1.29, 1.82) is 0 Å². The van der Waals surface area contributed by atoms with Crippen molar-refractivity contribution in [3.05, 3.63) is 0 Å². The van der Waals surface area contributed by atoms with Gasteiger partial charge in [0.05, 0.1) is 17.6 Å². The summed E-state index contributed by atoms with van der Waals surface area (Å²) in [5, 5.41) is 26.0. The number of aliphatic hydroxyl groups excluding tert-OH is 1. The number of esters is 1. The molecular weight excluding hydrogens is 460 g/mol. The molecule has 3 saturated heterocycles. The predicted octanol–water partition coefficient (Wildman–Crippen LogP) is 2.94. The number of rotatable bonds is 1. The summed E-state index contributed by atoms with van der Waals surface area (Å²) in [5.41, 5.74) is -2.05. The lowest BCUT2D eigenvalue weighted by molar-refractivity contribution is -0.307. The van der Waals surface area contributed by atoms with Gasteiger partial charge in [0, 0.05) is 38.5 Å². The molecule has 8 nitrogen and oxygen atoms in total. The van der Waals surface area contributed by atoms with E-state index in [2.05, 4.69) is 37.9 Å². The Labute approximate surface area is 218 Å². The van der Waals surface area contributed by atoms with Crippen molar-refractivity contribution in [2.75, 3.05) is 26.7 Å². The van der Waals surface area contributed by atoms with Crippen LogP contribution >= 0.6 is 0 Å². The molecule has 3 heterocycles. The molecule has 0 aromatic rings. The summed E-state index contributed by atoms with van der Waals surface area (Å²) in [5.74, 6) is -1.25. The van der Waals surface area contributed by atoms with Gasteiger partial charge in [-0.05, 0) is 65.3 Å². The van der Waals surface area contributed by atoms with Crippen molar-refractivity contribution in [3.8, 4) is 0 Å². The number of hydrogen-bond donors (Lipinski definition) is 3. The van der Waals surface area contributed by atoms with E-state index in [0.717, 1.165) is 38.9 Å². The largest absolute Gasteiger partial charge is 0.459 e. The summed E-state index contributed by atoms with van der Waals surface area (Å²) in [6, 6.07) is -0.332. The molecule has 2 bridgehead atoms. The van der Waals surface area contributed by atoms with Gasteiger partial charge < -0.3 is 34.6 Å². The number of ether oxygens (including phenoxy) is 3. The van der Waals surface area contributed by atoms with Crippen LogP contribution in [0.4, 0.5) is 0 Å². The van der Waals surface area contributed by atoms with E-state index < -0.39 is 41.1 Å². The molecule has 3 aliphatic heterocycles. The molecule has 3 N–H and O–H groups in total. The van der Waals surface area contributed by atoms with E-state index in [1.54, 1.807) is 6.92 Å². The Morgan fingerprint density at radius 3 is 2.31 bits per heavy atom. The van der Waals surface area contributed by atoms with Crippen molar-refractivity contribution in [2.45, 2.75) is 122 Å². The highest BCUT2D eigenvalue weighted by molar-refractivity contribution is 5.73. The number of hydrogen-bond acceptors (Lipinski definition) is 8. The van der Waals surface area contributed by atoms with Crippen LogP contribution in [0.3, 0.4) is 0 Å². The molecule has 0 saturated carbocycles. The number of cyclic esters (lactones) is 1. The monoisotopic (exact) mass is 512 g/mol. The summed E-state index contributed by atoms with van der Waals surface area (Å²) >= 11 is 0. The summed E-state index contributed by atoms with van der Waals surface area (Å²) in [6.07, 6.45) is 0.351. The Balaban J connectivity index is 2.08. The van der Waals surface area contributed by atoms with Crippen molar-refractivity contribution < 1.29 is 29.2 Å². The van der Waals surface area contributed by atoms with Gasteiger partial charge in [0.2, 0.25) is 0 Å². The first-order valence-electron chi connectivity index (χ1n) is 14.1. The molecule has 0 radical (unpaired) electrons. The molecule has 0 amide bonds. The van der Waals surface area contributed by atoms with Gasteiger partial charge in [-0.25, -0.2) is 0 Å². The first-order valence-corrected chi connectivity index (χ1v) is 14.1. The zero-order valence-corrected chi connectivity index (χ0v) is 24.0. The smallest absolute Gasteiger partial charge is 0.311 e. The number of carbonyl (C=O) groups is 1. The molecular formula is C28H52N2O6. The van der Waals surface area contributed by atoms with E-state index in [4.69, 9.17) is 14.2 Å². The van der Waals surface area contributed by atoms with Gasteiger partial charge in [0.15, 0.2) is 5.79 Å². The van der Waals surface area contributed by atoms with Crippen LogP contribution in [0.15, 0.2) is 0 Å². The first kappa shape index (κ1) is 29.8. The normalized spacial score (nSPS) is 47.6. The van der Waals surface area contributed by atoms with E-state index in [0.29, 0.717) is 6.42 Å². The molecule has 36 heavy (non-hydrogen) atoms. The fourth-order valence-corrected chi connectivity index (χ4v) is 6.88. The molecule has 0 unspecified atom stereocenters. The molecule has 210 valence electrons. The highest BCUT2D eigenvalue weighted by Crippen LogP contribution is 2.47. The molecule has 8 heteroatoms. The van der Waals surface area contributed by atoms with E-state index >= 15 is 0 Å². The number of nitrogens with zero attached hydrogens (tertiary/aromatic N) is 1. The average Bonchev–Trinajstić information content (AvgIpc) is 2.89. The predicted molar refractivity (Wildman–Crippen MR) is 139 cm³/mol. The van der Waals surface area contributed by atoms with Crippen LogP contribution in [0.2, 0.25) is 0 Å². The van der Waals surface area contributed by atoms with Crippen molar-refractivity contribution in [3.63, 3.8) is 0 Å². The fourth-order valence-electron chi connectivity index (χ4n) is 6.88. The van der Waals surface area contributed by atoms with Gasteiger partial charge >= 0.3 is 5.97 Å². The lowest BCUT2D eigenvalue weighted by Gasteiger charge is -2.46.